The SMILES string of the molecule is C=C(O)CCCOc1cc(NC(C(=O)N2CCc3ccc(S(F)(F)(F)(F)F)cc32)c2ccc(Cl)cc2)cc(OC)c1. The van der Waals surface area contributed by atoms with Gasteiger partial charge in [-0.1, -0.05) is 55.8 Å². The minimum atomic E-state index is -9.97. The molecule has 0 aliphatic carbocycles. The lowest BCUT2D eigenvalue weighted by Gasteiger charge is -2.41. The summed E-state index contributed by atoms with van der Waals surface area (Å²) in [6.07, 6.45) is 1.05. The highest BCUT2D eigenvalue weighted by molar-refractivity contribution is 8.45. The highest BCUT2D eigenvalue weighted by Gasteiger charge is 2.65. The number of hydrogen-bond acceptors (Lipinski definition) is 5. The Morgan fingerprint density at radius 3 is 2.39 bits per heavy atom. The Kier molecular flexibility index (Phi) is 7.87. The van der Waals surface area contributed by atoms with Gasteiger partial charge in [-0.25, -0.2) is 0 Å². The molecule has 41 heavy (non-hydrogen) atoms. The summed E-state index contributed by atoms with van der Waals surface area (Å²) in [7, 11) is -8.53. The first kappa shape index (κ1) is 30.3. The Morgan fingerprint density at radius 1 is 1.07 bits per heavy atom. The van der Waals surface area contributed by atoms with Crippen molar-refractivity contribution in [1.29, 1.82) is 0 Å². The van der Waals surface area contributed by atoms with Crippen LogP contribution >= 0.6 is 21.8 Å². The van der Waals surface area contributed by atoms with E-state index < -0.39 is 27.1 Å². The maximum absolute atomic E-state index is 13.9. The minimum absolute atomic E-state index is 0.00628. The third-order valence-electron chi connectivity index (χ3n) is 6.42. The summed E-state index contributed by atoms with van der Waals surface area (Å²) >= 11 is 6.03. The number of allylic oxidation sites excluding steroid dienone is 1. The van der Waals surface area contributed by atoms with Crippen molar-refractivity contribution in [3.05, 3.63) is 89.2 Å². The number of ether oxygens (including phenoxy) is 2. The summed E-state index contributed by atoms with van der Waals surface area (Å²) in [6, 6.07) is 11.7. The second-order valence-corrected chi connectivity index (χ2v) is 12.4. The number of rotatable bonds is 11. The Labute approximate surface area is 239 Å². The lowest BCUT2D eigenvalue weighted by Crippen LogP contribution is -2.37. The number of carbonyl (C=O) groups excluding carboxylic acids is 1. The molecule has 0 fully saturated rings. The number of anilines is 2. The van der Waals surface area contributed by atoms with Crippen molar-refractivity contribution in [2.75, 3.05) is 30.5 Å². The normalized spacial score (nSPS) is 15.3. The quantitative estimate of drug-likeness (QED) is 0.127. The molecule has 2 N–H and O–H groups in total. The number of nitrogens with one attached hydrogen (secondary N) is 1. The van der Waals surface area contributed by atoms with Gasteiger partial charge in [0.2, 0.25) is 0 Å². The predicted octanol–water partition coefficient (Wildman–Crippen LogP) is 8.98. The molecule has 6 nitrogen and oxygen atoms in total. The molecule has 1 amide bonds. The van der Waals surface area contributed by atoms with Gasteiger partial charge in [0.1, 0.15) is 22.4 Å². The van der Waals surface area contributed by atoms with Crippen molar-refractivity contribution in [3.8, 4) is 11.5 Å². The molecule has 0 bridgehead atoms. The standard InChI is InChI=1S/C28H28ClF5N2O4S/c1-18(37)4-3-13-40-24-15-22(14-23(16-24)39-2)35-27(20-5-8-21(29)9-6-20)28(38)36-12-11-19-7-10-25(17-26(19)36)41(30,31,32,33)34/h5-10,14-17,27,35,37H,1,3-4,11-13H2,2H3. The van der Waals surface area contributed by atoms with Crippen LogP contribution in [0.25, 0.3) is 0 Å². The fourth-order valence-corrected chi connectivity index (χ4v) is 5.20. The van der Waals surface area contributed by atoms with Crippen LogP contribution in [-0.4, -0.2) is 31.3 Å². The van der Waals surface area contributed by atoms with Gasteiger partial charge in [-0.05, 0) is 48.2 Å². The summed E-state index contributed by atoms with van der Waals surface area (Å²) in [6.45, 7) is 3.69. The number of amides is 1. The maximum atomic E-state index is 13.9. The van der Waals surface area contributed by atoms with E-state index in [-0.39, 0.29) is 31.0 Å². The molecule has 1 aliphatic rings. The number of fused-ring (bicyclic) bond motifs is 1. The van der Waals surface area contributed by atoms with Gasteiger partial charge in [-0.3, -0.25) is 4.79 Å². The molecular weight excluding hydrogens is 591 g/mol. The Bertz CT molecular complexity index is 1470. The molecule has 1 atom stereocenters. The predicted molar refractivity (Wildman–Crippen MR) is 151 cm³/mol. The van der Waals surface area contributed by atoms with Gasteiger partial charge >= 0.3 is 10.2 Å². The zero-order valence-corrected chi connectivity index (χ0v) is 23.5. The van der Waals surface area contributed by atoms with E-state index in [4.69, 9.17) is 21.1 Å². The van der Waals surface area contributed by atoms with E-state index in [0.717, 1.165) is 11.0 Å². The number of aliphatic hydroxyl groups excluding tert-OH is 1. The number of hydrogen-bond donors (Lipinski definition) is 2. The van der Waals surface area contributed by atoms with Crippen LogP contribution in [0.1, 0.15) is 30.0 Å². The summed E-state index contributed by atoms with van der Waals surface area (Å²) < 4.78 is 79.0. The summed E-state index contributed by atoms with van der Waals surface area (Å²) in [4.78, 5) is 12.9. The molecule has 4 rings (SSSR count). The van der Waals surface area contributed by atoms with Gasteiger partial charge in [0.25, 0.3) is 5.91 Å². The first-order chi connectivity index (χ1) is 19.0. The molecule has 1 aliphatic heterocycles. The van der Waals surface area contributed by atoms with Crippen molar-refractivity contribution in [1.82, 2.24) is 0 Å². The Balaban J connectivity index is 1.68. The number of aliphatic hydroxyl groups is 1. The fourth-order valence-electron chi connectivity index (χ4n) is 4.42. The van der Waals surface area contributed by atoms with Gasteiger partial charge in [0.15, 0.2) is 0 Å². The highest BCUT2D eigenvalue weighted by atomic mass is 35.5. The van der Waals surface area contributed by atoms with E-state index in [1.165, 1.54) is 7.11 Å². The van der Waals surface area contributed by atoms with Gasteiger partial charge < -0.3 is 24.8 Å². The molecular formula is C28H28ClF5N2O4S. The van der Waals surface area contributed by atoms with Crippen LogP contribution < -0.4 is 19.7 Å². The first-order valence-electron chi connectivity index (χ1n) is 12.4. The molecule has 13 heteroatoms. The van der Waals surface area contributed by atoms with Gasteiger partial charge in [-0.15, -0.1) is 0 Å². The number of methoxy groups -OCH3 is 1. The smallest absolute Gasteiger partial charge is 0.310 e. The minimum Gasteiger partial charge on any atom is -0.513 e. The second-order valence-electron chi connectivity index (χ2n) is 9.54. The highest BCUT2D eigenvalue weighted by Crippen LogP contribution is 3.02. The van der Waals surface area contributed by atoms with Crippen LogP contribution in [0.4, 0.5) is 30.8 Å². The Hall–Kier alpha value is -3.64. The number of carbonyl (C=O) groups is 1. The number of halogens is 6. The average molecular weight is 619 g/mol. The molecule has 0 spiro atoms. The van der Waals surface area contributed by atoms with E-state index in [9.17, 15) is 29.3 Å². The molecule has 0 saturated heterocycles. The van der Waals surface area contributed by atoms with Crippen molar-refractivity contribution in [2.45, 2.75) is 30.2 Å². The van der Waals surface area contributed by atoms with Crippen LogP contribution in [0.2, 0.25) is 5.02 Å². The molecule has 1 unspecified atom stereocenters. The van der Waals surface area contributed by atoms with Crippen LogP contribution in [-0.2, 0) is 11.2 Å². The van der Waals surface area contributed by atoms with Gasteiger partial charge in [0, 0.05) is 47.6 Å². The summed E-state index contributed by atoms with van der Waals surface area (Å²) in [5, 5.41) is 12.8. The monoisotopic (exact) mass is 618 g/mol. The fraction of sp³-hybridized carbons (Fsp3) is 0.250. The van der Waals surface area contributed by atoms with Crippen LogP contribution in [0, 0.1) is 0 Å². The van der Waals surface area contributed by atoms with Crippen LogP contribution in [0.5, 0.6) is 11.5 Å². The molecule has 0 aromatic heterocycles. The molecule has 3 aromatic carbocycles. The van der Waals surface area contributed by atoms with E-state index >= 15 is 0 Å². The molecule has 0 radical (unpaired) electrons. The first-order valence-corrected chi connectivity index (χ1v) is 14.8. The van der Waals surface area contributed by atoms with E-state index in [1.807, 2.05) is 0 Å². The second kappa shape index (κ2) is 10.6. The molecule has 0 saturated carbocycles. The molecule has 3 aromatic rings. The van der Waals surface area contributed by atoms with Crippen LogP contribution in [0.15, 0.2) is 77.9 Å². The Morgan fingerprint density at radius 2 is 1.76 bits per heavy atom. The van der Waals surface area contributed by atoms with Crippen LogP contribution in [0.3, 0.4) is 0 Å². The zero-order valence-electron chi connectivity index (χ0n) is 21.9. The largest absolute Gasteiger partial charge is 0.513 e. The lowest BCUT2D eigenvalue weighted by atomic mass is 10.0. The van der Waals surface area contributed by atoms with Gasteiger partial charge in [-0.2, -0.15) is 0 Å². The molecule has 222 valence electrons. The lowest BCUT2D eigenvalue weighted by molar-refractivity contribution is -0.119. The van der Waals surface area contributed by atoms with Crippen molar-refractivity contribution >= 4 is 39.1 Å². The van der Waals surface area contributed by atoms with Crippen molar-refractivity contribution in [2.24, 2.45) is 0 Å². The van der Waals surface area contributed by atoms with E-state index in [2.05, 4.69) is 11.9 Å². The summed E-state index contributed by atoms with van der Waals surface area (Å²) in [5.74, 6) is 0.162. The third-order valence-corrected chi connectivity index (χ3v) is 7.82. The van der Waals surface area contributed by atoms with E-state index in [1.54, 1.807) is 42.5 Å². The topological polar surface area (TPSA) is 71.0 Å². The van der Waals surface area contributed by atoms with Crippen molar-refractivity contribution < 1.29 is 38.8 Å². The number of benzene rings is 3. The third kappa shape index (κ3) is 7.56. The average Bonchev–Trinajstić information content (AvgIpc) is 3.32. The van der Waals surface area contributed by atoms with Gasteiger partial charge in [0.05, 0.1) is 19.5 Å². The maximum Gasteiger partial charge on any atom is 0.310 e. The molecule has 1 heterocycles. The van der Waals surface area contributed by atoms with Crippen molar-refractivity contribution in [3.63, 3.8) is 0 Å². The number of nitrogens with zero attached hydrogens (tertiary/aromatic N) is 1. The van der Waals surface area contributed by atoms with E-state index in [0.29, 0.717) is 58.3 Å². The summed E-state index contributed by atoms with van der Waals surface area (Å²) in [5.41, 5.74) is 0.950. The zero-order chi connectivity index (χ0) is 30.1.